The fraction of sp³-hybridized carbons (Fsp3) is 0.375. The second-order valence-corrected chi connectivity index (χ2v) is 5.57. The minimum Gasteiger partial charge on any atom is -0.353 e. The van der Waals surface area contributed by atoms with E-state index >= 15 is 0 Å². The summed E-state index contributed by atoms with van der Waals surface area (Å²) in [4.78, 5) is 26.2. The summed E-state index contributed by atoms with van der Waals surface area (Å²) in [5.41, 5.74) is 0.973. The molecule has 118 valence electrons. The monoisotopic (exact) mass is 302 g/mol. The van der Waals surface area contributed by atoms with Crippen LogP contribution in [0.5, 0.6) is 0 Å². The lowest BCUT2D eigenvalue weighted by molar-refractivity contribution is 0.0939. The first kappa shape index (κ1) is 16.0. The Bertz CT molecular complexity index is 715. The third-order valence-corrected chi connectivity index (χ3v) is 3.77. The molecule has 1 unspecified atom stereocenters. The van der Waals surface area contributed by atoms with E-state index in [2.05, 4.69) is 5.32 Å². The van der Waals surface area contributed by atoms with Crippen molar-refractivity contribution in [2.45, 2.75) is 6.04 Å². The quantitative estimate of drug-likeness (QED) is 0.887. The van der Waals surface area contributed by atoms with Crippen molar-refractivity contribution in [3.63, 3.8) is 0 Å². The lowest BCUT2D eigenvalue weighted by Crippen LogP contribution is -2.38. The van der Waals surface area contributed by atoms with Gasteiger partial charge >= 0.3 is 0 Å². The molecule has 6 heteroatoms. The van der Waals surface area contributed by atoms with Crippen LogP contribution in [0.3, 0.4) is 0 Å². The summed E-state index contributed by atoms with van der Waals surface area (Å²) in [6, 6.07) is 7.28. The normalized spacial score (nSPS) is 12.4. The van der Waals surface area contributed by atoms with Gasteiger partial charge in [-0.05, 0) is 38.4 Å². The first-order valence-electron chi connectivity index (χ1n) is 7.13. The van der Waals surface area contributed by atoms with Crippen molar-refractivity contribution < 1.29 is 4.79 Å². The molecule has 0 fully saturated rings. The van der Waals surface area contributed by atoms with E-state index < -0.39 is 0 Å². The summed E-state index contributed by atoms with van der Waals surface area (Å²) < 4.78 is 3.42. The van der Waals surface area contributed by atoms with E-state index in [0.29, 0.717) is 6.54 Å². The van der Waals surface area contributed by atoms with Gasteiger partial charge in [0.15, 0.2) is 0 Å². The zero-order valence-electron chi connectivity index (χ0n) is 13.4. The maximum absolute atomic E-state index is 12.2. The molecule has 0 aliphatic carbocycles. The molecule has 0 aliphatic heterocycles. The van der Waals surface area contributed by atoms with Gasteiger partial charge in [-0.1, -0.05) is 0 Å². The third-order valence-electron chi connectivity index (χ3n) is 3.77. The fourth-order valence-electron chi connectivity index (χ4n) is 2.43. The Hall–Kier alpha value is -2.34. The predicted molar refractivity (Wildman–Crippen MR) is 85.9 cm³/mol. The van der Waals surface area contributed by atoms with E-state index in [1.165, 1.54) is 4.57 Å². The minimum atomic E-state index is -0.345. The second kappa shape index (κ2) is 6.62. The van der Waals surface area contributed by atoms with Gasteiger partial charge < -0.3 is 14.5 Å². The standard InChI is InChI=1S/C16H22N4O2/c1-18(2)14(13-8-6-9-19(13)3)11-17-15(21)12-7-5-10-20(4)16(12)22/h5-10,14H,11H2,1-4H3,(H,17,21). The Kier molecular flexibility index (Phi) is 4.82. The summed E-state index contributed by atoms with van der Waals surface area (Å²) >= 11 is 0. The molecule has 1 atom stereocenters. The number of aryl methyl sites for hydroxylation is 2. The lowest BCUT2D eigenvalue weighted by atomic mass is 10.1. The number of pyridine rings is 1. The molecule has 0 saturated heterocycles. The second-order valence-electron chi connectivity index (χ2n) is 5.57. The Morgan fingerprint density at radius 1 is 1.18 bits per heavy atom. The summed E-state index contributed by atoms with van der Waals surface area (Å²) in [5.74, 6) is -0.345. The van der Waals surface area contributed by atoms with Crippen LogP contribution in [0.2, 0.25) is 0 Å². The van der Waals surface area contributed by atoms with Crippen molar-refractivity contribution in [2.75, 3.05) is 20.6 Å². The number of hydrogen-bond acceptors (Lipinski definition) is 3. The molecule has 1 amide bonds. The van der Waals surface area contributed by atoms with Gasteiger partial charge in [0.25, 0.3) is 11.5 Å². The fourth-order valence-corrected chi connectivity index (χ4v) is 2.43. The molecule has 22 heavy (non-hydrogen) atoms. The summed E-state index contributed by atoms with van der Waals surface area (Å²) in [5, 5.41) is 2.86. The van der Waals surface area contributed by atoms with Gasteiger partial charge in [0.05, 0.1) is 6.04 Å². The number of nitrogens with zero attached hydrogens (tertiary/aromatic N) is 3. The molecule has 2 heterocycles. The smallest absolute Gasteiger partial charge is 0.263 e. The average molecular weight is 302 g/mol. The lowest BCUT2D eigenvalue weighted by Gasteiger charge is -2.25. The molecule has 6 nitrogen and oxygen atoms in total. The van der Waals surface area contributed by atoms with Crippen LogP contribution in [0.15, 0.2) is 41.5 Å². The minimum absolute atomic E-state index is 0.0384. The number of amides is 1. The van der Waals surface area contributed by atoms with Gasteiger partial charge in [-0.2, -0.15) is 0 Å². The Labute approximate surface area is 130 Å². The zero-order chi connectivity index (χ0) is 16.3. The van der Waals surface area contributed by atoms with Crippen LogP contribution >= 0.6 is 0 Å². The largest absolute Gasteiger partial charge is 0.353 e. The molecule has 0 aliphatic rings. The highest BCUT2D eigenvalue weighted by Gasteiger charge is 2.19. The van der Waals surface area contributed by atoms with Gasteiger partial charge in [0, 0.05) is 38.7 Å². The molecule has 2 aromatic heterocycles. The van der Waals surface area contributed by atoms with Crippen molar-refractivity contribution in [3.8, 4) is 0 Å². The van der Waals surface area contributed by atoms with E-state index in [0.717, 1.165) is 5.69 Å². The van der Waals surface area contributed by atoms with Crippen LogP contribution in [-0.2, 0) is 14.1 Å². The summed E-state index contributed by atoms with van der Waals surface area (Å²) in [6.45, 7) is 0.432. The molecular formula is C16H22N4O2. The van der Waals surface area contributed by atoms with Gasteiger partial charge in [0.1, 0.15) is 5.56 Å². The Morgan fingerprint density at radius 2 is 1.82 bits per heavy atom. The molecule has 2 aromatic rings. The van der Waals surface area contributed by atoms with Crippen LogP contribution in [0, 0.1) is 0 Å². The SMILES string of the molecule is CN(C)C(CNC(=O)c1cccn(C)c1=O)c1cccn1C. The maximum atomic E-state index is 12.2. The first-order chi connectivity index (χ1) is 10.4. The van der Waals surface area contributed by atoms with Gasteiger partial charge in [-0.3, -0.25) is 14.5 Å². The van der Waals surface area contributed by atoms with Crippen LogP contribution in [0.1, 0.15) is 22.1 Å². The number of rotatable bonds is 5. The van der Waals surface area contributed by atoms with E-state index in [1.54, 1.807) is 25.4 Å². The Balaban J connectivity index is 2.13. The summed E-state index contributed by atoms with van der Waals surface area (Å²) in [6.07, 6.45) is 3.60. The highest BCUT2D eigenvalue weighted by atomic mass is 16.2. The van der Waals surface area contributed by atoms with Gasteiger partial charge in [-0.15, -0.1) is 0 Å². The van der Waals surface area contributed by atoms with Crippen molar-refractivity contribution in [1.29, 1.82) is 0 Å². The highest BCUT2D eigenvalue weighted by molar-refractivity contribution is 5.93. The number of hydrogen-bond donors (Lipinski definition) is 1. The molecule has 0 bridgehead atoms. The summed E-state index contributed by atoms with van der Waals surface area (Å²) in [7, 11) is 7.53. The number of nitrogens with one attached hydrogen (secondary N) is 1. The van der Waals surface area contributed by atoms with Crippen molar-refractivity contribution in [1.82, 2.24) is 19.4 Å². The molecule has 0 aromatic carbocycles. The van der Waals surface area contributed by atoms with E-state index in [4.69, 9.17) is 0 Å². The maximum Gasteiger partial charge on any atom is 0.263 e. The van der Waals surface area contributed by atoms with E-state index in [9.17, 15) is 9.59 Å². The van der Waals surface area contributed by atoms with Crippen LogP contribution in [0.4, 0.5) is 0 Å². The van der Waals surface area contributed by atoms with Gasteiger partial charge in [-0.25, -0.2) is 0 Å². The first-order valence-corrected chi connectivity index (χ1v) is 7.13. The van der Waals surface area contributed by atoms with E-state index in [1.807, 2.05) is 48.9 Å². The Morgan fingerprint density at radius 3 is 2.41 bits per heavy atom. The van der Waals surface area contributed by atoms with Crippen molar-refractivity contribution >= 4 is 5.91 Å². The van der Waals surface area contributed by atoms with Crippen LogP contribution in [0.25, 0.3) is 0 Å². The van der Waals surface area contributed by atoms with Crippen molar-refractivity contribution in [3.05, 3.63) is 58.3 Å². The van der Waals surface area contributed by atoms with Crippen LogP contribution in [-0.4, -0.2) is 40.6 Å². The predicted octanol–water partition coefficient (Wildman–Crippen LogP) is 0.756. The topological polar surface area (TPSA) is 59.3 Å². The van der Waals surface area contributed by atoms with Crippen molar-refractivity contribution in [2.24, 2.45) is 14.1 Å². The molecule has 0 saturated carbocycles. The number of carbonyl (C=O) groups is 1. The molecule has 0 radical (unpaired) electrons. The van der Waals surface area contributed by atoms with Crippen LogP contribution < -0.4 is 10.9 Å². The number of aromatic nitrogens is 2. The zero-order valence-corrected chi connectivity index (χ0v) is 13.4. The molecular weight excluding hydrogens is 280 g/mol. The molecule has 2 rings (SSSR count). The third kappa shape index (κ3) is 3.28. The molecule has 0 spiro atoms. The average Bonchev–Trinajstić information content (AvgIpc) is 2.88. The molecule has 1 N–H and O–H groups in total. The number of carbonyl (C=O) groups excluding carboxylic acids is 1. The van der Waals surface area contributed by atoms with Gasteiger partial charge in [0.2, 0.25) is 0 Å². The van der Waals surface area contributed by atoms with E-state index in [-0.39, 0.29) is 23.1 Å². The number of likely N-dealkylation sites (N-methyl/N-ethyl adjacent to an activating group) is 1. The highest BCUT2D eigenvalue weighted by Crippen LogP contribution is 2.17.